The summed E-state index contributed by atoms with van der Waals surface area (Å²) in [5.41, 5.74) is 1.50. The summed E-state index contributed by atoms with van der Waals surface area (Å²) in [4.78, 5) is 27.7. The number of carbonyl (C=O) groups is 2. The van der Waals surface area contributed by atoms with Gasteiger partial charge in [0.05, 0.1) is 6.04 Å². The molecule has 1 unspecified atom stereocenters. The monoisotopic (exact) mass is 411 g/mol. The molecule has 2 amide bonds. The first-order valence-electron chi connectivity index (χ1n) is 10.4. The molecule has 1 atom stereocenters. The third-order valence-electron chi connectivity index (χ3n) is 5.63. The first-order valence-corrected chi connectivity index (χ1v) is 10.4. The quantitative estimate of drug-likeness (QED) is 0.510. The van der Waals surface area contributed by atoms with Crippen LogP contribution in [0.3, 0.4) is 0 Å². The molecule has 3 aromatic carbocycles. The molecule has 1 saturated heterocycles. The maximum atomic E-state index is 13.2. The van der Waals surface area contributed by atoms with Crippen LogP contribution in [0.4, 0.5) is 4.79 Å². The highest BCUT2D eigenvalue weighted by Gasteiger charge is 2.58. The van der Waals surface area contributed by atoms with Crippen LogP contribution in [0.15, 0.2) is 97.1 Å². The van der Waals surface area contributed by atoms with E-state index in [9.17, 15) is 9.59 Å². The predicted octanol–water partition coefficient (Wildman–Crippen LogP) is 5.65. The summed E-state index contributed by atoms with van der Waals surface area (Å²) in [5, 5.41) is 0. The molecular weight excluding hydrogens is 386 g/mol. The van der Waals surface area contributed by atoms with Crippen molar-refractivity contribution in [2.24, 2.45) is 5.92 Å². The van der Waals surface area contributed by atoms with Gasteiger partial charge < -0.3 is 4.74 Å². The maximum absolute atomic E-state index is 13.2. The summed E-state index contributed by atoms with van der Waals surface area (Å²) < 4.78 is 6.11. The number of imide groups is 1. The maximum Gasteiger partial charge on any atom is 0.418 e. The first-order chi connectivity index (χ1) is 15.0. The van der Waals surface area contributed by atoms with Crippen LogP contribution in [0.1, 0.15) is 30.5 Å². The fourth-order valence-corrected chi connectivity index (χ4v) is 4.35. The molecule has 4 heteroatoms. The smallest absolute Gasteiger partial charge is 0.418 e. The van der Waals surface area contributed by atoms with Crippen LogP contribution < -0.4 is 0 Å². The van der Waals surface area contributed by atoms with E-state index < -0.39 is 17.7 Å². The molecule has 0 N–H and O–H groups in total. The Morgan fingerprint density at radius 2 is 1.35 bits per heavy atom. The summed E-state index contributed by atoms with van der Waals surface area (Å²) in [6.45, 7) is 4.02. The summed E-state index contributed by atoms with van der Waals surface area (Å²) in [6, 6.07) is 28.4. The Balaban J connectivity index is 1.81. The summed E-state index contributed by atoms with van der Waals surface area (Å²) in [5.74, 6) is -0.428. The number of nitrogens with zero attached hydrogens (tertiary/aromatic N) is 1. The molecule has 1 heterocycles. The molecule has 4 nitrogen and oxygen atoms in total. The second-order valence-electron chi connectivity index (χ2n) is 7.98. The topological polar surface area (TPSA) is 46.6 Å². The van der Waals surface area contributed by atoms with E-state index in [2.05, 4.69) is 0 Å². The van der Waals surface area contributed by atoms with Crippen molar-refractivity contribution in [2.45, 2.75) is 25.5 Å². The molecule has 0 spiro atoms. The van der Waals surface area contributed by atoms with Crippen LogP contribution in [0.5, 0.6) is 0 Å². The molecule has 0 aromatic heterocycles. The van der Waals surface area contributed by atoms with Gasteiger partial charge >= 0.3 is 6.09 Å². The van der Waals surface area contributed by atoms with E-state index >= 15 is 0 Å². The number of cyclic esters (lactones) is 1. The lowest BCUT2D eigenvalue weighted by atomic mass is 9.75. The zero-order valence-corrected chi connectivity index (χ0v) is 17.6. The van der Waals surface area contributed by atoms with Gasteiger partial charge in [-0.15, -0.1) is 0 Å². The van der Waals surface area contributed by atoms with Crippen LogP contribution in [0, 0.1) is 5.92 Å². The van der Waals surface area contributed by atoms with E-state index in [1.807, 2.05) is 105 Å². The average Bonchev–Trinajstić information content (AvgIpc) is 3.13. The second kappa shape index (κ2) is 8.60. The van der Waals surface area contributed by atoms with Crippen molar-refractivity contribution in [3.05, 3.63) is 114 Å². The van der Waals surface area contributed by atoms with E-state index in [-0.39, 0.29) is 11.8 Å². The highest BCUT2D eigenvalue weighted by molar-refractivity contribution is 6.02. The summed E-state index contributed by atoms with van der Waals surface area (Å²) in [7, 11) is 0. The predicted molar refractivity (Wildman–Crippen MR) is 121 cm³/mol. The minimum absolute atomic E-state index is 0.0408. The normalized spacial score (nSPS) is 17.8. The van der Waals surface area contributed by atoms with Crippen molar-refractivity contribution in [2.75, 3.05) is 0 Å². The molecule has 31 heavy (non-hydrogen) atoms. The lowest BCUT2D eigenvalue weighted by Crippen LogP contribution is -2.49. The van der Waals surface area contributed by atoms with Crippen molar-refractivity contribution in [1.29, 1.82) is 0 Å². The van der Waals surface area contributed by atoms with Gasteiger partial charge in [0.2, 0.25) is 0 Å². The van der Waals surface area contributed by atoms with Gasteiger partial charge in [-0.05, 0) is 17.6 Å². The van der Waals surface area contributed by atoms with Crippen LogP contribution in [0.25, 0.3) is 6.08 Å². The Hall–Kier alpha value is -3.66. The SMILES string of the molecule is CC(C)C1N(C(=O)/C=C/c2ccccc2)C(=O)OC1(c1ccccc1)c1ccccc1. The Kier molecular flexibility index (Phi) is 5.72. The molecule has 1 aliphatic heterocycles. The van der Waals surface area contributed by atoms with Crippen molar-refractivity contribution < 1.29 is 14.3 Å². The molecular formula is C27H25NO3. The fourth-order valence-electron chi connectivity index (χ4n) is 4.35. The number of rotatable bonds is 5. The van der Waals surface area contributed by atoms with Gasteiger partial charge in [0.15, 0.2) is 5.60 Å². The highest BCUT2D eigenvalue weighted by atomic mass is 16.6. The Bertz CT molecular complexity index is 1040. The zero-order valence-electron chi connectivity index (χ0n) is 17.6. The average molecular weight is 412 g/mol. The van der Waals surface area contributed by atoms with E-state index in [1.165, 1.54) is 11.0 Å². The van der Waals surface area contributed by atoms with Crippen LogP contribution in [-0.4, -0.2) is 22.9 Å². The number of ether oxygens (including phenoxy) is 1. The lowest BCUT2D eigenvalue weighted by Gasteiger charge is -2.37. The Morgan fingerprint density at radius 3 is 1.84 bits per heavy atom. The van der Waals surface area contributed by atoms with Crippen molar-refractivity contribution in [3.8, 4) is 0 Å². The number of hydrogen-bond acceptors (Lipinski definition) is 3. The summed E-state index contributed by atoms with van der Waals surface area (Å²) in [6.07, 6.45) is 2.53. The van der Waals surface area contributed by atoms with Gasteiger partial charge in [0.25, 0.3) is 5.91 Å². The molecule has 156 valence electrons. The Labute approximate surface area is 182 Å². The van der Waals surface area contributed by atoms with Gasteiger partial charge in [-0.3, -0.25) is 4.79 Å². The largest absolute Gasteiger partial charge is 0.430 e. The Morgan fingerprint density at radius 1 is 0.871 bits per heavy atom. The van der Waals surface area contributed by atoms with Crippen LogP contribution >= 0.6 is 0 Å². The van der Waals surface area contributed by atoms with E-state index in [1.54, 1.807) is 6.08 Å². The third kappa shape index (κ3) is 3.77. The standard InChI is InChI=1S/C27H25NO3/c1-20(2)25-27(22-14-8-4-9-15-22,23-16-10-5-11-17-23)31-26(30)28(25)24(29)19-18-21-12-6-3-7-13-21/h3-20,25H,1-2H3/b19-18+. The van der Waals surface area contributed by atoms with Gasteiger partial charge in [-0.2, -0.15) is 0 Å². The minimum atomic E-state index is -1.08. The lowest BCUT2D eigenvalue weighted by molar-refractivity contribution is -0.125. The highest BCUT2D eigenvalue weighted by Crippen LogP contribution is 2.47. The molecule has 0 aliphatic carbocycles. The number of carbonyl (C=O) groups excluding carboxylic acids is 2. The number of benzene rings is 3. The second-order valence-corrected chi connectivity index (χ2v) is 7.98. The molecule has 0 radical (unpaired) electrons. The van der Waals surface area contributed by atoms with Gasteiger partial charge in [0.1, 0.15) is 0 Å². The molecule has 1 fully saturated rings. The van der Waals surface area contributed by atoms with Gasteiger partial charge in [-0.25, -0.2) is 9.69 Å². The summed E-state index contributed by atoms with van der Waals surface area (Å²) >= 11 is 0. The van der Waals surface area contributed by atoms with Gasteiger partial charge in [-0.1, -0.05) is 105 Å². The molecule has 3 aromatic rings. The first kappa shape index (κ1) is 20.6. The van der Waals surface area contributed by atoms with Gasteiger partial charge in [0, 0.05) is 17.2 Å². The van der Waals surface area contributed by atoms with Crippen molar-refractivity contribution >= 4 is 18.1 Å². The minimum Gasteiger partial charge on any atom is -0.430 e. The van der Waals surface area contributed by atoms with Crippen LogP contribution in [-0.2, 0) is 15.1 Å². The molecule has 4 rings (SSSR count). The molecule has 1 aliphatic rings. The van der Waals surface area contributed by atoms with E-state index in [4.69, 9.17) is 4.74 Å². The van der Waals surface area contributed by atoms with Crippen LogP contribution in [0.2, 0.25) is 0 Å². The number of amides is 2. The fraction of sp³-hybridized carbons (Fsp3) is 0.185. The third-order valence-corrected chi connectivity index (χ3v) is 5.63. The van der Waals surface area contributed by atoms with Crippen molar-refractivity contribution in [1.82, 2.24) is 4.90 Å². The van der Waals surface area contributed by atoms with Crippen molar-refractivity contribution in [3.63, 3.8) is 0 Å². The zero-order chi connectivity index (χ0) is 21.8. The molecule has 0 saturated carbocycles. The van der Waals surface area contributed by atoms with E-state index in [0.717, 1.165) is 16.7 Å². The number of hydrogen-bond donors (Lipinski definition) is 0. The molecule has 0 bridgehead atoms. The van der Waals surface area contributed by atoms with E-state index in [0.29, 0.717) is 0 Å².